The maximum atomic E-state index is 15.2. The highest BCUT2D eigenvalue weighted by Crippen LogP contribution is 2.41. The first-order valence-electron chi connectivity index (χ1n) is 14.3. The molecular weight excluding hydrogens is 603 g/mol. The molecule has 0 atom stereocenters. The van der Waals surface area contributed by atoms with Gasteiger partial charge in [-0.3, -0.25) is 0 Å². The number of nitrogens with zero attached hydrogens (tertiary/aromatic N) is 7. The fourth-order valence-electron chi connectivity index (χ4n) is 5.35. The molecule has 0 bridgehead atoms. The van der Waals surface area contributed by atoms with Gasteiger partial charge in [-0.15, -0.1) is 0 Å². The molecule has 1 aliphatic rings. The second-order valence-electron chi connectivity index (χ2n) is 10.7. The van der Waals surface area contributed by atoms with Gasteiger partial charge in [0, 0.05) is 30.8 Å². The van der Waals surface area contributed by atoms with Crippen molar-refractivity contribution in [3.05, 3.63) is 94.2 Å². The van der Waals surface area contributed by atoms with Gasteiger partial charge in [-0.2, -0.15) is 32.2 Å². The molecule has 0 aliphatic carbocycles. The molecule has 0 amide bonds. The molecule has 7 nitrogen and oxygen atoms in total. The first kappa shape index (κ1) is 33.7. The van der Waals surface area contributed by atoms with Crippen LogP contribution in [0.5, 0.6) is 0 Å². The molecule has 14 heteroatoms. The number of aromatic nitrogens is 4. The molecule has 1 saturated heterocycles. The third-order valence-corrected chi connectivity index (χ3v) is 7.51. The maximum absolute atomic E-state index is 15.2. The number of piperidine rings is 1. The Morgan fingerprint density at radius 2 is 1.62 bits per heavy atom. The highest BCUT2D eigenvalue weighted by atomic mass is 19.4. The Labute approximate surface area is 256 Å². The Hall–Kier alpha value is -4.23. The summed E-state index contributed by atoms with van der Waals surface area (Å²) in [5.74, 6) is -7.66. The largest absolute Gasteiger partial charge is 0.451 e. The highest BCUT2D eigenvalue weighted by molar-refractivity contribution is 6.03. The van der Waals surface area contributed by atoms with E-state index >= 15 is 8.78 Å². The Morgan fingerprint density at radius 3 is 2.22 bits per heavy atom. The van der Waals surface area contributed by atoms with E-state index in [9.17, 15) is 22.0 Å². The standard InChI is InChI=1S/C31H32F7N7/c1-6-8-25(24-11-14-39-29(42-24)31(36,37)38)44-43-18(3)26-17(2)40-20(5)41-28(26)21-12-15-45(16-13-21)19(4)30(34,35)27-22(32)9-7-10-23(27)33/h7,9-11,14,21H,4,6,8,12-13,15-16H2,1-3,5H3/b43-18+,44-25+. The van der Waals surface area contributed by atoms with E-state index in [0.717, 1.165) is 24.4 Å². The first-order chi connectivity index (χ1) is 21.1. The average Bonchev–Trinajstić information content (AvgIpc) is 2.98. The second kappa shape index (κ2) is 13.4. The molecule has 45 heavy (non-hydrogen) atoms. The number of rotatable bonds is 9. The molecular formula is C31H32F7N7. The van der Waals surface area contributed by atoms with E-state index in [4.69, 9.17) is 0 Å². The monoisotopic (exact) mass is 635 g/mol. The molecule has 1 aliphatic heterocycles. The van der Waals surface area contributed by atoms with E-state index in [-0.39, 0.29) is 30.4 Å². The van der Waals surface area contributed by atoms with Crippen LogP contribution in [0.1, 0.15) is 85.3 Å². The molecule has 0 unspecified atom stereocenters. The van der Waals surface area contributed by atoms with Gasteiger partial charge in [0.15, 0.2) is 0 Å². The molecule has 2 aromatic heterocycles. The molecule has 0 N–H and O–H groups in total. The minimum atomic E-state index is -4.72. The van der Waals surface area contributed by atoms with Gasteiger partial charge in [0.25, 0.3) is 0 Å². The van der Waals surface area contributed by atoms with Gasteiger partial charge < -0.3 is 4.90 Å². The predicted molar refractivity (Wildman–Crippen MR) is 155 cm³/mol. The van der Waals surface area contributed by atoms with Crippen LogP contribution in [0.15, 0.2) is 52.9 Å². The van der Waals surface area contributed by atoms with Crippen LogP contribution in [0.25, 0.3) is 0 Å². The van der Waals surface area contributed by atoms with Crippen LogP contribution >= 0.6 is 0 Å². The van der Waals surface area contributed by atoms with Gasteiger partial charge in [0.1, 0.15) is 17.5 Å². The normalized spacial score (nSPS) is 15.5. The first-order valence-corrected chi connectivity index (χ1v) is 14.3. The fourth-order valence-corrected chi connectivity index (χ4v) is 5.35. The van der Waals surface area contributed by atoms with E-state index in [1.807, 2.05) is 6.92 Å². The summed E-state index contributed by atoms with van der Waals surface area (Å²) in [6, 6.07) is 3.91. The van der Waals surface area contributed by atoms with Crippen LogP contribution in [0, 0.1) is 25.5 Å². The van der Waals surface area contributed by atoms with Crippen molar-refractivity contribution in [2.75, 3.05) is 13.1 Å². The van der Waals surface area contributed by atoms with Crippen molar-refractivity contribution in [3.8, 4) is 0 Å². The van der Waals surface area contributed by atoms with Gasteiger partial charge in [0.2, 0.25) is 5.82 Å². The number of hydrogen-bond donors (Lipinski definition) is 0. The molecule has 1 aromatic carbocycles. The lowest BCUT2D eigenvalue weighted by atomic mass is 9.88. The molecule has 4 rings (SSSR count). The van der Waals surface area contributed by atoms with Crippen LogP contribution in [0.4, 0.5) is 30.7 Å². The Kier molecular flexibility index (Phi) is 10.0. The van der Waals surface area contributed by atoms with Gasteiger partial charge in [-0.1, -0.05) is 26.0 Å². The lowest BCUT2D eigenvalue weighted by Gasteiger charge is -2.37. The minimum absolute atomic E-state index is 0.00694. The number of aryl methyl sites for hydroxylation is 2. The summed E-state index contributed by atoms with van der Waals surface area (Å²) in [5, 5.41) is 8.61. The number of halogens is 7. The molecule has 0 radical (unpaired) electrons. The number of hydrogen-bond acceptors (Lipinski definition) is 7. The van der Waals surface area contributed by atoms with Crippen molar-refractivity contribution in [2.45, 2.75) is 71.4 Å². The quantitative estimate of drug-likeness (QED) is 0.137. The Balaban J connectivity index is 1.60. The number of allylic oxidation sites excluding steroid dienone is 1. The van der Waals surface area contributed by atoms with Crippen LogP contribution < -0.4 is 0 Å². The smallest absolute Gasteiger partial charge is 0.370 e. The molecule has 1 fully saturated rings. The molecule has 240 valence electrons. The summed E-state index contributed by atoms with van der Waals surface area (Å²) < 4.78 is 98.5. The average molecular weight is 636 g/mol. The van der Waals surface area contributed by atoms with Crippen LogP contribution in [0.2, 0.25) is 0 Å². The van der Waals surface area contributed by atoms with Crippen molar-refractivity contribution < 1.29 is 30.7 Å². The minimum Gasteiger partial charge on any atom is -0.370 e. The number of likely N-dealkylation sites (tertiary alicyclic amines) is 1. The van der Waals surface area contributed by atoms with Crippen molar-refractivity contribution >= 4 is 11.4 Å². The zero-order valence-electron chi connectivity index (χ0n) is 25.2. The third kappa shape index (κ3) is 7.36. The summed E-state index contributed by atoms with van der Waals surface area (Å²) in [4.78, 5) is 17.4. The Bertz CT molecular complexity index is 1600. The lowest BCUT2D eigenvalue weighted by Crippen LogP contribution is -2.39. The molecule has 3 heterocycles. The van der Waals surface area contributed by atoms with Gasteiger partial charge in [0.05, 0.1) is 39.8 Å². The maximum Gasteiger partial charge on any atom is 0.451 e. The fraction of sp³-hybridized carbons (Fsp3) is 0.419. The van der Waals surface area contributed by atoms with E-state index in [1.54, 1.807) is 20.8 Å². The van der Waals surface area contributed by atoms with Crippen molar-refractivity contribution in [1.82, 2.24) is 24.8 Å². The second-order valence-corrected chi connectivity index (χ2v) is 10.7. The predicted octanol–water partition coefficient (Wildman–Crippen LogP) is 7.68. The lowest BCUT2D eigenvalue weighted by molar-refractivity contribution is -0.145. The van der Waals surface area contributed by atoms with Crippen LogP contribution in [0.3, 0.4) is 0 Å². The summed E-state index contributed by atoms with van der Waals surface area (Å²) >= 11 is 0. The summed E-state index contributed by atoms with van der Waals surface area (Å²) in [5.41, 5.74) is 0.447. The number of benzene rings is 1. The topological polar surface area (TPSA) is 79.5 Å². The van der Waals surface area contributed by atoms with E-state index in [1.165, 1.54) is 11.0 Å². The summed E-state index contributed by atoms with van der Waals surface area (Å²) in [7, 11) is 0. The summed E-state index contributed by atoms with van der Waals surface area (Å²) in [6.45, 7) is 10.8. The van der Waals surface area contributed by atoms with E-state index < -0.39 is 40.8 Å². The Morgan fingerprint density at radius 1 is 0.978 bits per heavy atom. The highest BCUT2D eigenvalue weighted by Gasteiger charge is 2.44. The molecule has 3 aromatic rings. The summed E-state index contributed by atoms with van der Waals surface area (Å²) in [6.07, 6.45) is -2.07. The van der Waals surface area contributed by atoms with Gasteiger partial charge in [-0.05, 0) is 58.2 Å². The van der Waals surface area contributed by atoms with E-state index in [2.05, 4.69) is 36.7 Å². The molecule has 0 saturated carbocycles. The van der Waals surface area contributed by atoms with Crippen molar-refractivity contribution in [1.29, 1.82) is 0 Å². The number of alkyl halides is 5. The van der Waals surface area contributed by atoms with Crippen LogP contribution in [-0.4, -0.2) is 49.3 Å². The van der Waals surface area contributed by atoms with Crippen LogP contribution in [-0.2, 0) is 12.1 Å². The SMILES string of the molecule is C=C(N1CCC(c2nc(C)nc(C)c2/C(C)=N/N=C(\CCC)c2ccnc(C(F)(F)F)n2)CC1)C(F)(F)c1c(F)cccc1F. The zero-order valence-corrected chi connectivity index (χ0v) is 25.2. The van der Waals surface area contributed by atoms with E-state index in [0.29, 0.717) is 54.2 Å². The zero-order chi connectivity index (χ0) is 33.1. The van der Waals surface area contributed by atoms with Crippen molar-refractivity contribution in [3.63, 3.8) is 0 Å². The van der Waals surface area contributed by atoms with Gasteiger partial charge in [-0.25, -0.2) is 28.7 Å². The molecule has 0 spiro atoms. The third-order valence-electron chi connectivity index (χ3n) is 7.51. The van der Waals surface area contributed by atoms with Gasteiger partial charge >= 0.3 is 12.1 Å². The van der Waals surface area contributed by atoms with Crippen molar-refractivity contribution in [2.24, 2.45) is 10.2 Å².